The second-order valence-electron chi connectivity index (χ2n) is 6.00. The van der Waals surface area contributed by atoms with E-state index in [4.69, 9.17) is 9.72 Å². The second kappa shape index (κ2) is 7.38. The van der Waals surface area contributed by atoms with Gasteiger partial charge in [0.15, 0.2) is 5.13 Å². The summed E-state index contributed by atoms with van der Waals surface area (Å²) >= 11 is 1.81. The molecule has 1 aromatic rings. The summed E-state index contributed by atoms with van der Waals surface area (Å²) in [5, 5.41) is 4.60. The number of hydrogen-bond acceptors (Lipinski definition) is 5. The standard InChI is InChI=1S/C15H27N3OS/c1-11(2)16-8-14-12(3)17-15(20-14)18(4)9-13-6-5-7-19-10-13/h11,13,16H,5-10H2,1-4H3. The van der Waals surface area contributed by atoms with Gasteiger partial charge in [-0.25, -0.2) is 4.98 Å². The quantitative estimate of drug-likeness (QED) is 0.876. The fourth-order valence-corrected chi connectivity index (χ4v) is 3.44. The van der Waals surface area contributed by atoms with E-state index in [1.807, 2.05) is 11.3 Å². The first-order valence-corrected chi connectivity index (χ1v) is 8.36. The van der Waals surface area contributed by atoms with Gasteiger partial charge in [-0.15, -0.1) is 11.3 Å². The van der Waals surface area contributed by atoms with Crippen LogP contribution in [0.15, 0.2) is 0 Å². The van der Waals surface area contributed by atoms with E-state index in [1.165, 1.54) is 17.7 Å². The molecule has 5 heteroatoms. The van der Waals surface area contributed by atoms with Crippen LogP contribution in [0.5, 0.6) is 0 Å². The van der Waals surface area contributed by atoms with E-state index in [-0.39, 0.29) is 0 Å². The van der Waals surface area contributed by atoms with Crippen molar-refractivity contribution in [3.8, 4) is 0 Å². The maximum Gasteiger partial charge on any atom is 0.185 e. The molecular formula is C15H27N3OS. The van der Waals surface area contributed by atoms with Crippen LogP contribution in [0.2, 0.25) is 0 Å². The number of aryl methyl sites for hydroxylation is 1. The highest BCUT2D eigenvalue weighted by atomic mass is 32.1. The van der Waals surface area contributed by atoms with Gasteiger partial charge in [0.1, 0.15) is 0 Å². The van der Waals surface area contributed by atoms with Gasteiger partial charge in [-0.2, -0.15) is 0 Å². The normalized spacial score (nSPS) is 19.6. The minimum atomic E-state index is 0.511. The Morgan fingerprint density at radius 3 is 2.95 bits per heavy atom. The monoisotopic (exact) mass is 297 g/mol. The number of nitrogens with one attached hydrogen (secondary N) is 1. The minimum absolute atomic E-state index is 0.511. The molecule has 0 amide bonds. The molecular weight excluding hydrogens is 270 g/mol. The first-order chi connectivity index (χ1) is 9.56. The molecule has 1 saturated heterocycles. The minimum Gasteiger partial charge on any atom is -0.381 e. The highest BCUT2D eigenvalue weighted by molar-refractivity contribution is 7.15. The van der Waals surface area contributed by atoms with Crippen LogP contribution >= 0.6 is 11.3 Å². The summed E-state index contributed by atoms with van der Waals surface area (Å²) in [5.41, 5.74) is 1.16. The van der Waals surface area contributed by atoms with Gasteiger partial charge in [0, 0.05) is 37.7 Å². The van der Waals surface area contributed by atoms with Crippen LogP contribution in [0.1, 0.15) is 37.3 Å². The summed E-state index contributed by atoms with van der Waals surface area (Å²) in [5.74, 6) is 0.648. The average Bonchev–Trinajstić information content (AvgIpc) is 2.79. The van der Waals surface area contributed by atoms with E-state index in [0.717, 1.165) is 37.1 Å². The van der Waals surface area contributed by atoms with Crippen LogP contribution in [0.4, 0.5) is 5.13 Å². The lowest BCUT2D eigenvalue weighted by molar-refractivity contribution is 0.0576. The molecule has 20 heavy (non-hydrogen) atoms. The molecule has 0 bridgehead atoms. The van der Waals surface area contributed by atoms with Gasteiger partial charge in [-0.3, -0.25) is 0 Å². The number of rotatable bonds is 6. The van der Waals surface area contributed by atoms with E-state index in [9.17, 15) is 0 Å². The molecule has 2 heterocycles. The lowest BCUT2D eigenvalue weighted by Gasteiger charge is -2.26. The number of ether oxygens (including phenoxy) is 1. The van der Waals surface area contributed by atoms with E-state index in [0.29, 0.717) is 12.0 Å². The summed E-state index contributed by atoms with van der Waals surface area (Å²) in [6.45, 7) is 10.2. The van der Waals surface area contributed by atoms with Gasteiger partial charge < -0.3 is 15.0 Å². The van der Waals surface area contributed by atoms with Gasteiger partial charge in [-0.05, 0) is 25.7 Å². The molecule has 0 aliphatic carbocycles. The van der Waals surface area contributed by atoms with Gasteiger partial charge in [0.25, 0.3) is 0 Å². The van der Waals surface area contributed by atoms with Gasteiger partial charge in [0.2, 0.25) is 0 Å². The van der Waals surface area contributed by atoms with Gasteiger partial charge >= 0.3 is 0 Å². The van der Waals surface area contributed by atoms with Crippen molar-refractivity contribution in [1.29, 1.82) is 0 Å². The molecule has 0 aromatic carbocycles. The molecule has 1 atom stereocenters. The first-order valence-electron chi connectivity index (χ1n) is 7.55. The van der Waals surface area contributed by atoms with Gasteiger partial charge in [-0.1, -0.05) is 13.8 Å². The fraction of sp³-hybridized carbons (Fsp3) is 0.800. The summed E-state index contributed by atoms with van der Waals surface area (Å²) in [4.78, 5) is 8.35. The zero-order valence-electron chi connectivity index (χ0n) is 13.1. The van der Waals surface area contributed by atoms with Crippen molar-refractivity contribution in [3.05, 3.63) is 10.6 Å². The Morgan fingerprint density at radius 2 is 2.30 bits per heavy atom. The molecule has 1 unspecified atom stereocenters. The summed E-state index contributed by atoms with van der Waals surface area (Å²) in [7, 11) is 2.15. The molecule has 1 aliphatic heterocycles. The molecule has 1 aliphatic rings. The number of aromatic nitrogens is 1. The largest absolute Gasteiger partial charge is 0.381 e. The predicted octanol–water partition coefficient (Wildman–Crippen LogP) is 2.81. The van der Waals surface area contributed by atoms with Crippen molar-refractivity contribution in [2.75, 3.05) is 31.7 Å². The zero-order chi connectivity index (χ0) is 14.5. The third-order valence-corrected chi connectivity index (χ3v) is 4.94. The number of hydrogen-bond donors (Lipinski definition) is 1. The van der Waals surface area contributed by atoms with Crippen molar-refractivity contribution >= 4 is 16.5 Å². The molecule has 1 N–H and O–H groups in total. The Hall–Kier alpha value is -0.650. The highest BCUT2D eigenvalue weighted by Gasteiger charge is 2.18. The molecule has 0 spiro atoms. The maximum absolute atomic E-state index is 5.56. The predicted molar refractivity (Wildman–Crippen MR) is 85.6 cm³/mol. The number of nitrogens with zero attached hydrogens (tertiary/aromatic N) is 2. The molecule has 1 fully saturated rings. The third kappa shape index (κ3) is 4.43. The van der Waals surface area contributed by atoms with Crippen molar-refractivity contribution in [2.24, 2.45) is 5.92 Å². The van der Waals surface area contributed by atoms with E-state index < -0.39 is 0 Å². The topological polar surface area (TPSA) is 37.4 Å². The molecule has 4 nitrogen and oxygen atoms in total. The molecule has 114 valence electrons. The first kappa shape index (κ1) is 15.7. The van der Waals surface area contributed by atoms with Crippen LogP contribution in [-0.2, 0) is 11.3 Å². The third-order valence-electron chi connectivity index (χ3n) is 3.67. The Bertz CT molecular complexity index is 413. The molecule has 0 saturated carbocycles. The van der Waals surface area contributed by atoms with E-state index >= 15 is 0 Å². The fourth-order valence-electron chi connectivity index (χ4n) is 2.45. The Morgan fingerprint density at radius 1 is 1.50 bits per heavy atom. The van der Waals surface area contributed by atoms with E-state index in [2.05, 4.69) is 38.0 Å². The van der Waals surface area contributed by atoms with Crippen molar-refractivity contribution < 1.29 is 4.74 Å². The Labute approximate surface area is 126 Å². The maximum atomic E-state index is 5.56. The summed E-state index contributed by atoms with van der Waals surface area (Å²) < 4.78 is 5.56. The second-order valence-corrected chi connectivity index (χ2v) is 7.07. The highest BCUT2D eigenvalue weighted by Crippen LogP contribution is 2.27. The van der Waals surface area contributed by atoms with Crippen LogP contribution in [-0.4, -0.2) is 37.8 Å². The zero-order valence-corrected chi connectivity index (χ0v) is 13.9. The Balaban J connectivity index is 1.92. The van der Waals surface area contributed by atoms with Crippen LogP contribution in [0.25, 0.3) is 0 Å². The van der Waals surface area contributed by atoms with Crippen molar-refractivity contribution in [2.45, 2.75) is 46.2 Å². The summed E-state index contributed by atoms with van der Waals surface area (Å²) in [6, 6.07) is 0.511. The Kier molecular flexibility index (Phi) is 5.81. The SMILES string of the molecule is Cc1nc(N(C)CC2CCCOC2)sc1CNC(C)C. The van der Waals surface area contributed by atoms with Crippen LogP contribution in [0.3, 0.4) is 0 Å². The lowest BCUT2D eigenvalue weighted by Crippen LogP contribution is -2.30. The van der Waals surface area contributed by atoms with Crippen molar-refractivity contribution in [1.82, 2.24) is 10.3 Å². The number of anilines is 1. The van der Waals surface area contributed by atoms with Crippen LogP contribution in [0, 0.1) is 12.8 Å². The summed E-state index contributed by atoms with van der Waals surface area (Å²) in [6.07, 6.45) is 2.47. The molecule has 0 radical (unpaired) electrons. The number of thiazole rings is 1. The molecule has 1 aromatic heterocycles. The van der Waals surface area contributed by atoms with E-state index in [1.54, 1.807) is 0 Å². The average molecular weight is 297 g/mol. The van der Waals surface area contributed by atoms with Gasteiger partial charge in [0.05, 0.1) is 12.3 Å². The molecule has 2 rings (SSSR count). The van der Waals surface area contributed by atoms with Crippen molar-refractivity contribution in [3.63, 3.8) is 0 Å². The smallest absolute Gasteiger partial charge is 0.185 e. The van der Waals surface area contributed by atoms with Crippen LogP contribution < -0.4 is 10.2 Å². The lowest BCUT2D eigenvalue weighted by atomic mass is 10.0.